The van der Waals surface area contributed by atoms with Gasteiger partial charge in [0.15, 0.2) is 5.65 Å². The summed E-state index contributed by atoms with van der Waals surface area (Å²) in [6.07, 6.45) is 4.30. The summed E-state index contributed by atoms with van der Waals surface area (Å²) >= 11 is 0. The van der Waals surface area contributed by atoms with Gasteiger partial charge >= 0.3 is 0 Å². The molecule has 0 saturated heterocycles. The summed E-state index contributed by atoms with van der Waals surface area (Å²) in [7, 11) is 0. The summed E-state index contributed by atoms with van der Waals surface area (Å²) < 4.78 is 14.8. The predicted octanol–water partition coefficient (Wildman–Crippen LogP) is 3.06. The summed E-state index contributed by atoms with van der Waals surface area (Å²) in [4.78, 5) is 29.6. The second kappa shape index (κ2) is 7.58. The van der Waals surface area contributed by atoms with E-state index in [0.717, 1.165) is 36.9 Å². The molecule has 1 aromatic carbocycles. The molecule has 2 N–H and O–H groups in total. The van der Waals surface area contributed by atoms with Crippen LogP contribution in [0.2, 0.25) is 0 Å². The smallest absolute Gasteiger partial charge is 0.272 e. The third-order valence-electron chi connectivity index (χ3n) is 5.36. The second-order valence-corrected chi connectivity index (χ2v) is 7.52. The van der Waals surface area contributed by atoms with Gasteiger partial charge in [0.2, 0.25) is 5.91 Å². The fourth-order valence-corrected chi connectivity index (χ4v) is 3.90. The minimum absolute atomic E-state index is 0.0158. The van der Waals surface area contributed by atoms with Crippen molar-refractivity contribution in [3.8, 4) is 0 Å². The lowest BCUT2D eigenvalue weighted by Gasteiger charge is -2.21. The molecule has 6 nitrogen and oxygen atoms in total. The second-order valence-electron chi connectivity index (χ2n) is 7.52. The van der Waals surface area contributed by atoms with Crippen molar-refractivity contribution in [1.29, 1.82) is 0 Å². The predicted molar refractivity (Wildman–Crippen MR) is 103 cm³/mol. The number of aromatic nitrogens is 3. The Labute approximate surface area is 161 Å². The number of carbonyl (C=O) groups excluding carboxylic acids is 1. The molecule has 1 saturated carbocycles. The van der Waals surface area contributed by atoms with Crippen molar-refractivity contribution in [3.63, 3.8) is 0 Å². The van der Waals surface area contributed by atoms with Crippen molar-refractivity contribution in [2.24, 2.45) is 5.92 Å². The van der Waals surface area contributed by atoms with Gasteiger partial charge in [-0.2, -0.15) is 0 Å². The molecule has 146 valence electrons. The molecule has 1 amide bonds. The number of amides is 1. The van der Waals surface area contributed by atoms with E-state index in [2.05, 4.69) is 15.4 Å². The van der Waals surface area contributed by atoms with Crippen LogP contribution in [0.5, 0.6) is 0 Å². The quantitative estimate of drug-likeness (QED) is 0.712. The third kappa shape index (κ3) is 3.83. The first-order chi connectivity index (χ1) is 13.5. The number of hydrogen-bond acceptors (Lipinski definition) is 3. The Morgan fingerprint density at radius 3 is 2.71 bits per heavy atom. The van der Waals surface area contributed by atoms with E-state index in [1.807, 2.05) is 6.92 Å². The number of halogens is 1. The Balaban J connectivity index is 1.63. The van der Waals surface area contributed by atoms with Crippen LogP contribution in [0.1, 0.15) is 48.7 Å². The van der Waals surface area contributed by atoms with Gasteiger partial charge in [0.25, 0.3) is 5.56 Å². The molecule has 3 aromatic rings. The van der Waals surface area contributed by atoms with E-state index in [0.29, 0.717) is 17.8 Å². The van der Waals surface area contributed by atoms with Crippen LogP contribution in [-0.4, -0.2) is 20.5 Å². The van der Waals surface area contributed by atoms with Crippen molar-refractivity contribution in [2.45, 2.75) is 45.1 Å². The fourth-order valence-electron chi connectivity index (χ4n) is 3.90. The van der Waals surface area contributed by atoms with Crippen LogP contribution in [0.3, 0.4) is 0 Å². The molecule has 0 unspecified atom stereocenters. The van der Waals surface area contributed by atoms with E-state index in [4.69, 9.17) is 0 Å². The number of carbonyl (C=O) groups is 1. The highest BCUT2D eigenvalue weighted by Crippen LogP contribution is 2.26. The molecule has 7 heteroatoms. The van der Waals surface area contributed by atoms with Crippen LogP contribution in [-0.2, 0) is 11.2 Å². The maximum absolute atomic E-state index is 13.4. The van der Waals surface area contributed by atoms with E-state index in [9.17, 15) is 14.0 Å². The van der Waals surface area contributed by atoms with E-state index in [-0.39, 0.29) is 29.2 Å². The summed E-state index contributed by atoms with van der Waals surface area (Å²) in [6.45, 7) is 1.86. The van der Waals surface area contributed by atoms with Crippen LogP contribution < -0.4 is 10.9 Å². The molecule has 1 atom stereocenters. The lowest BCUT2D eigenvalue weighted by molar-refractivity contribution is -0.125. The van der Waals surface area contributed by atoms with E-state index in [1.54, 1.807) is 18.2 Å². The first-order valence-corrected chi connectivity index (χ1v) is 9.64. The van der Waals surface area contributed by atoms with Crippen molar-refractivity contribution < 1.29 is 9.18 Å². The van der Waals surface area contributed by atoms with Gasteiger partial charge in [0.05, 0.1) is 11.7 Å². The topological polar surface area (TPSA) is 79.3 Å². The van der Waals surface area contributed by atoms with Crippen LogP contribution in [0, 0.1) is 18.7 Å². The average molecular weight is 382 g/mol. The van der Waals surface area contributed by atoms with Gasteiger partial charge in [0, 0.05) is 30.2 Å². The minimum atomic E-state index is -0.372. The minimum Gasteiger partial charge on any atom is -0.349 e. The van der Waals surface area contributed by atoms with Gasteiger partial charge in [-0.3, -0.25) is 14.7 Å². The number of hydrogen-bond donors (Lipinski definition) is 2. The molecule has 0 aliphatic heterocycles. The normalized spacial score (nSPS) is 15.8. The third-order valence-corrected chi connectivity index (χ3v) is 5.36. The number of benzene rings is 1. The van der Waals surface area contributed by atoms with Gasteiger partial charge in [0.1, 0.15) is 5.82 Å². The first kappa shape index (κ1) is 18.4. The van der Waals surface area contributed by atoms with Gasteiger partial charge in [-0.05, 0) is 37.5 Å². The monoisotopic (exact) mass is 382 g/mol. The maximum Gasteiger partial charge on any atom is 0.272 e. The van der Waals surface area contributed by atoms with Crippen molar-refractivity contribution in [2.75, 3.05) is 0 Å². The van der Waals surface area contributed by atoms with Gasteiger partial charge < -0.3 is 5.32 Å². The first-order valence-electron chi connectivity index (χ1n) is 9.64. The zero-order chi connectivity index (χ0) is 19.7. The van der Waals surface area contributed by atoms with E-state index >= 15 is 0 Å². The summed E-state index contributed by atoms with van der Waals surface area (Å²) in [5.41, 5.74) is 2.56. The zero-order valence-electron chi connectivity index (χ0n) is 15.7. The molecule has 2 aromatic heterocycles. The number of aromatic amines is 1. The highest BCUT2D eigenvalue weighted by atomic mass is 19.1. The number of aryl methyl sites for hydroxylation is 1. The molecule has 4 rings (SSSR count). The number of nitrogens with one attached hydrogen (secondary N) is 2. The molecule has 0 spiro atoms. The number of nitrogens with zero attached hydrogens (tertiary/aromatic N) is 2. The van der Waals surface area contributed by atoms with Gasteiger partial charge in [-0.25, -0.2) is 13.9 Å². The van der Waals surface area contributed by atoms with Crippen LogP contribution in [0.15, 0.2) is 41.2 Å². The lowest BCUT2D eigenvalue weighted by Crippen LogP contribution is -2.34. The molecule has 28 heavy (non-hydrogen) atoms. The lowest BCUT2D eigenvalue weighted by atomic mass is 9.99. The van der Waals surface area contributed by atoms with Crippen LogP contribution >= 0.6 is 0 Å². The maximum atomic E-state index is 13.4. The van der Waals surface area contributed by atoms with Crippen LogP contribution in [0.25, 0.3) is 5.65 Å². The standard InChI is InChI=1S/C21H23FN4O2/c1-13-10-19-23-17(12-20(27)26(19)25-13)11-18(14-6-8-16(22)9-7-14)24-21(28)15-4-2-3-5-15/h6-10,12,15,18,25H,2-5,11H2,1H3,(H,24,28)/t18-/m1/s1. The summed E-state index contributed by atoms with van der Waals surface area (Å²) in [5, 5.41) is 6.04. The molecule has 0 radical (unpaired) electrons. The molecule has 1 fully saturated rings. The van der Waals surface area contributed by atoms with Crippen LogP contribution in [0.4, 0.5) is 4.39 Å². The van der Waals surface area contributed by atoms with E-state index in [1.165, 1.54) is 22.7 Å². The molecular formula is C21H23FN4O2. The molecular weight excluding hydrogens is 359 g/mol. The Morgan fingerprint density at radius 1 is 1.29 bits per heavy atom. The highest BCUT2D eigenvalue weighted by molar-refractivity contribution is 5.79. The van der Waals surface area contributed by atoms with Gasteiger partial charge in [-0.1, -0.05) is 25.0 Å². The number of fused-ring (bicyclic) bond motifs is 1. The number of H-pyrrole nitrogens is 1. The Hall–Kier alpha value is -2.96. The van der Waals surface area contributed by atoms with Crippen molar-refractivity contribution >= 4 is 11.6 Å². The summed E-state index contributed by atoms with van der Waals surface area (Å²) in [5.74, 6) is -0.288. The summed E-state index contributed by atoms with van der Waals surface area (Å²) in [6, 6.07) is 9.00. The molecule has 0 bridgehead atoms. The Morgan fingerprint density at radius 2 is 2.00 bits per heavy atom. The zero-order valence-corrected chi connectivity index (χ0v) is 15.7. The fraction of sp³-hybridized carbons (Fsp3) is 0.381. The average Bonchev–Trinajstić information content (AvgIpc) is 3.31. The van der Waals surface area contributed by atoms with Gasteiger partial charge in [-0.15, -0.1) is 0 Å². The largest absolute Gasteiger partial charge is 0.349 e. The Bertz CT molecular complexity index is 1050. The molecule has 1 aliphatic rings. The van der Waals surface area contributed by atoms with Crippen molar-refractivity contribution in [3.05, 3.63) is 69.5 Å². The SMILES string of the molecule is Cc1cc2nc(C[C@@H](NC(=O)C3CCCC3)c3ccc(F)cc3)cc(=O)n2[nH]1. The Kier molecular flexibility index (Phi) is 4.98. The molecule has 1 aliphatic carbocycles. The molecule has 2 heterocycles. The van der Waals surface area contributed by atoms with E-state index < -0.39 is 0 Å². The number of rotatable bonds is 5. The van der Waals surface area contributed by atoms with Crippen molar-refractivity contribution in [1.82, 2.24) is 19.9 Å². The highest BCUT2D eigenvalue weighted by Gasteiger charge is 2.26.